The van der Waals surface area contributed by atoms with Crippen molar-refractivity contribution in [3.63, 3.8) is 0 Å². The van der Waals surface area contributed by atoms with E-state index in [0.29, 0.717) is 35.3 Å². The van der Waals surface area contributed by atoms with Crippen molar-refractivity contribution in [2.24, 2.45) is 11.5 Å². The minimum absolute atomic E-state index is 0.0142. The van der Waals surface area contributed by atoms with Crippen LogP contribution in [0.15, 0.2) is 170 Å². The molecule has 356 valence electrons. The van der Waals surface area contributed by atoms with E-state index in [1.165, 1.54) is 24.3 Å². The van der Waals surface area contributed by atoms with Crippen LogP contribution in [0.5, 0.6) is 0 Å². The molecule has 4 aliphatic heterocycles. The summed E-state index contributed by atoms with van der Waals surface area (Å²) in [5.41, 5.74) is 26.6. The third-order valence-corrected chi connectivity index (χ3v) is 14.4. The van der Waals surface area contributed by atoms with Gasteiger partial charge >= 0.3 is 0 Å². The molecule has 8 N–H and O–H groups in total. The van der Waals surface area contributed by atoms with Crippen molar-refractivity contribution in [1.82, 2.24) is 10.6 Å². The molecule has 10 nitrogen and oxygen atoms in total. The van der Waals surface area contributed by atoms with E-state index in [1.54, 1.807) is 48.5 Å². The number of carbonyl (C=O) groups is 2. The van der Waals surface area contributed by atoms with Crippen molar-refractivity contribution >= 4 is 23.5 Å². The van der Waals surface area contributed by atoms with Crippen LogP contribution in [0, 0.1) is 22.5 Å². The SMILES string of the molecule is CC12OC(c3cc(C(=O)NCc4ccc(C(=N)N)cc4)ccc31)c1cc(-c3ccc(F)cc3)ccc12.CC12OC(c3cc(C(=O)NCc4ccc(C(=N)N)cc4)ccc31)c1ccc(-c3ccc(F)cc3)cc12. The third-order valence-electron chi connectivity index (χ3n) is 14.4. The molecule has 8 aromatic rings. The summed E-state index contributed by atoms with van der Waals surface area (Å²) in [6.45, 7) is 4.88. The predicted octanol–water partition coefficient (Wildman–Crippen LogP) is 10.8. The summed E-state index contributed by atoms with van der Waals surface area (Å²) < 4.78 is 39.7. The molecule has 12 rings (SSSR count). The summed E-state index contributed by atoms with van der Waals surface area (Å²) in [5.74, 6) is -0.811. The van der Waals surface area contributed by atoms with Gasteiger partial charge in [0, 0.05) is 35.3 Å². The number of hydrogen-bond donors (Lipinski definition) is 6. The first-order valence-electron chi connectivity index (χ1n) is 23.5. The molecular weight excluding hydrogens is 907 g/mol. The Hall–Kier alpha value is -8.58. The van der Waals surface area contributed by atoms with Crippen molar-refractivity contribution in [2.75, 3.05) is 0 Å². The Balaban J connectivity index is 0.000000156. The van der Waals surface area contributed by atoms with Crippen LogP contribution in [0.2, 0.25) is 0 Å². The molecule has 0 radical (unpaired) electrons. The van der Waals surface area contributed by atoms with Gasteiger partial charge in [-0.1, -0.05) is 109 Å². The van der Waals surface area contributed by atoms with Crippen molar-refractivity contribution < 1.29 is 27.8 Å². The van der Waals surface area contributed by atoms with Gasteiger partial charge in [0.1, 0.15) is 46.7 Å². The van der Waals surface area contributed by atoms with Gasteiger partial charge in [0.15, 0.2) is 0 Å². The van der Waals surface area contributed by atoms with Gasteiger partial charge in [-0.3, -0.25) is 20.4 Å². The summed E-state index contributed by atoms with van der Waals surface area (Å²) in [6, 6.07) is 51.5. The van der Waals surface area contributed by atoms with Crippen LogP contribution in [0.3, 0.4) is 0 Å². The lowest BCUT2D eigenvalue weighted by Gasteiger charge is -2.25. The molecule has 4 bridgehead atoms. The van der Waals surface area contributed by atoms with E-state index in [1.807, 2.05) is 72.8 Å². The number of carbonyl (C=O) groups excluding carboxylic acids is 2. The number of fused-ring (bicyclic) bond motifs is 16. The fraction of sp³-hybridized carbons (Fsp3) is 0.133. The molecule has 8 aromatic carbocycles. The molecule has 4 aliphatic rings. The monoisotopic (exact) mass is 954 g/mol. The minimum atomic E-state index is -0.598. The molecule has 4 heterocycles. The van der Waals surface area contributed by atoms with Gasteiger partial charge in [0.25, 0.3) is 11.8 Å². The topological polar surface area (TPSA) is 176 Å². The lowest BCUT2D eigenvalue weighted by atomic mass is 9.77. The number of halogens is 2. The molecule has 2 amide bonds. The number of nitrogens with one attached hydrogen (secondary N) is 4. The van der Waals surface area contributed by atoms with Crippen LogP contribution >= 0.6 is 0 Å². The Bertz CT molecular complexity index is 3530. The van der Waals surface area contributed by atoms with Gasteiger partial charge in [0.2, 0.25) is 0 Å². The number of benzene rings is 8. The Morgan fingerprint density at radius 1 is 0.458 bits per heavy atom. The van der Waals surface area contributed by atoms with Gasteiger partial charge in [-0.05, 0) is 152 Å². The maximum absolute atomic E-state index is 13.4. The molecule has 4 unspecified atom stereocenters. The van der Waals surface area contributed by atoms with Crippen molar-refractivity contribution in [3.05, 3.63) is 259 Å². The van der Waals surface area contributed by atoms with E-state index >= 15 is 0 Å². The second-order valence-electron chi connectivity index (χ2n) is 18.9. The normalized spacial score (nSPS) is 19.0. The van der Waals surface area contributed by atoms with Gasteiger partial charge in [-0.25, -0.2) is 8.78 Å². The fourth-order valence-corrected chi connectivity index (χ4v) is 10.5. The molecule has 4 atom stereocenters. The van der Waals surface area contributed by atoms with E-state index in [9.17, 15) is 18.4 Å². The van der Waals surface area contributed by atoms with E-state index in [2.05, 4.69) is 48.7 Å². The Kier molecular flexibility index (Phi) is 11.3. The lowest BCUT2D eigenvalue weighted by molar-refractivity contribution is 0.00882. The molecule has 0 spiro atoms. The van der Waals surface area contributed by atoms with E-state index < -0.39 is 11.2 Å². The molecule has 12 heteroatoms. The highest BCUT2D eigenvalue weighted by atomic mass is 19.1. The highest BCUT2D eigenvalue weighted by Gasteiger charge is 2.52. The first kappa shape index (κ1) is 45.8. The first-order chi connectivity index (χ1) is 34.7. The average Bonchev–Trinajstić information content (AvgIpc) is 4.09. The molecule has 72 heavy (non-hydrogen) atoms. The first-order valence-corrected chi connectivity index (χ1v) is 23.5. The Morgan fingerprint density at radius 2 is 0.819 bits per heavy atom. The van der Waals surface area contributed by atoms with Gasteiger partial charge in [-0.15, -0.1) is 0 Å². The smallest absolute Gasteiger partial charge is 0.251 e. The largest absolute Gasteiger partial charge is 0.384 e. The summed E-state index contributed by atoms with van der Waals surface area (Å²) in [4.78, 5) is 25.9. The number of hydrogen-bond acceptors (Lipinski definition) is 6. The van der Waals surface area contributed by atoms with Crippen LogP contribution in [0.1, 0.15) is 114 Å². The quantitative estimate of drug-likeness (QED) is 0.0587. The second-order valence-corrected chi connectivity index (χ2v) is 18.9. The maximum atomic E-state index is 13.4. The lowest BCUT2D eigenvalue weighted by Crippen LogP contribution is -2.24. The van der Waals surface area contributed by atoms with Gasteiger partial charge in [-0.2, -0.15) is 0 Å². The van der Waals surface area contributed by atoms with Crippen LogP contribution in [-0.4, -0.2) is 23.5 Å². The standard InChI is InChI=1S/2C30H24FN3O2/c1-30-25-13-9-21(29(35)34-16-17-2-4-19(5-3-17)28(32)33)14-24(25)27(36-30)23-12-8-20(15-26(23)30)18-6-10-22(31)11-7-18;1-30-25-12-8-20(18-6-10-22(31)11-7-18)14-23(25)27(36-30)24-15-21(9-13-26(24)30)29(35)34-16-17-2-4-19(5-3-17)28(32)33/h2*2-15,27H,16H2,1H3,(H3,32,33)(H,34,35). The number of nitrogens with two attached hydrogens (primary N) is 2. The number of amides is 2. The van der Waals surface area contributed by atoms with Crippen molar-refractivity contribution in [3.8, 4) is 22.3 Å². The van der Waals surface area contributed by atoms with Crippen molar-refractivity contribution in [2.45, 2.75) is 50.3 Å². The maximum Gasteiger partial charge on any atom is 0.251 e. The molecule has 0 aromatic heterocycles. The molecule has 0 fully saturated rings. The Labute approximate surface area is 414 Å². The van der Waals surface area contributed by atoms with Gasteiger partial charge in [0.05, 0.1) is 0 Å². The van der Waals surface area contributed by atoms with Crippen molar-refractivity contribution in [1.29, 1.82) is 10.8 Å². The van der Waals surface area contributed by atoms with E-state index in [-0.39, 0.29) is 47.3 Å². The predicted molar refractivity (Wildman–Crippen MR) is 273 cm³/mol. The molecular formula is C60H48F2N6O4. The summed E-state index contributed by atoms with van der Waals surface area (Å²) in [5, 5.41) is 20.9. The third kappa shape index (κ3) is 8.00. The summed E-state index contributed by atoms with van der Waals surface area (Å²) >= 11 is 0. The zero-order valence-corrected chi connectivity index (χ0v) is 39.3. The van der Waals surface area contributed by atoms with Crippen LogP contribution < -0.4 is 22.1 Å². The van der Waals surface area contributed by atoms with E-state index in [0.717, 1.165) is 77.9 Å². The molecule has 0 saturated heterocycles. The summed E-state index contributed by atoms with van der Waals surface area (Å²) in [7, 11) is 0. The number of ether oxygens (including phenoxy) is 2. The highest BCUT2D eigenvalue weighted by Crippen LogP contribution is 2.59. The average molecular weight is 955 g/mol. The second kappa shape index (κ2) is 17.7. The minimum Gasteiger partial charge on any atom is -0.384 e. The Morgan fingerprint density at radius 3 is 1.28 bits per heavy atom. The molecule has 0 saturated carbocycles. The highest BCUT2D eigenvalue weighted by molar-refractivity contribution is 5.97. The summed E-state index contributed by atoms with van der Waals surface area (Å²) in [6.07, 6.45) is -0.485. The van der Waals surface area contributed by atoms with Crippen LogP contribution in [-0.2, 0) is 33.8 Å². The van der Waals surface area contributed by atoms with Gasteiger partial charge < -0.3 is 31.6 Å². The fourth-order valence-electron chi connectivity index (χ4n) is 10.5. The number of rotatable bonds is 10. The number of nitrogen functional groups attached to an aromatic ring is 2. The zero-order chi connectivity index (χ0) is 50.1. The number of amidine groups is 2. The van der Waals surface area contributed by atoms with Crippen LogP contribution in [0.4, 0.5) is 8.78 Å². The molecule has 0 aliphatic carbocycles. The van der Waals surface area contributed by atoms with Crippen LogP contribution in [0.25, 0.3) is 22.3 Å². The zero-order valence-electron chi connectivity index (χ0n) is 39.3. The van der Waals surface area contributed by atoms with E-state index in [4.69, 9.17) is 31.8 Å².